The van der Waals surface area contributed by atoms with E-state index in [1.54, 1.807) is 24.3 Å². The van der Waals surface area contributed by atoms with Gasteiger partial charge in [-0.25, -0.2) is 4.98 Å². The minimum absolute atomic E-state index is 0.188. The SMILES string of the molecule is C[C@H](N(C)Cc1ccc2c(c1)nc(NC(=O)c1ccc(Cl)cc1)n2CC1CCCN1)C(C)(C)C. The number of carbonyl (C=O) groups is 1. The lowest BCUT2D eigenvalue weighted by Crippen LogP contribution is -2.38. The average Bonchev–Trinajstić information content (AvgIpc) is 3.41. The summed E-state index contributed by atoms with van der Waals surface area (Å²) >= 11 is 5.99. The van der Waals surface area contributed by atoms with Crippen LogP contribution in [0.5, 0.6) is 0 Å². The standard InChI is InChI=1S/C27H36ClN5O/c1-18(27(2,3)4)32(5)16-19-8-13-24-23(15-19)30-26(33(24)17-22-7-6-14-29-22)31-25(34)20-9-11-21(28)12-10-20/h8-13,15,18,22,29H,6-7,14,16-17H2,1-5H3,(H,30,31,34)/t18-,22?/m0/s1. The first-order chi connectivity index (χ1) is 16.1. The molecule has 2 aromatic carbocycles. The van der Waals surface area contributed by atoms with Gasteiger partial charge >= 0.3 is 0 Å². The molecule has 0 bridgehead atoms. The maximum absolute atomic E-state index is 12.9. The quantitative estimate of drug-likeness (QED) is 0.463. The van der Waals surface area contributed by atoms with E-state index in [0.29, 0.717) is 28.6 Å². The Labute approximate surface area is 207 Å². The van der Waals surface area contributed by atoms with Crippen LogP contribution in [-0.4, -0.2) is 46.0 Å². The molecule has 3 aromatic rings. The van der Waals surface area contributed by atoms with Gasteiger partial charge in [-0.3, -0.25) is 15.0 Å². The minimum atomic E-state index is -0.188. The normalized spacial score (nSPS) is 17.4. The zero-order chi connectivity index (χ0) is 24.5. The second-order valence-corrected chi connectivity index (χ2v) is 11.0. The van der Waals surface area contributed by atoms with E-state index in [4.69, 9.17) is 16.6 Å². The maximum Gasteiger partial charge on any atom is 0.257 e. The van der Waals surface area contributed by atoms with E-state index in [2.05, 4.69) is 73.0 Å². The Balaban J connectivity index is 1.63. The van der Waals surface area contributed by atoms with Crippen LogP contribution < -0.4 is 10.6 Å². The number of anilines is 1. The fourth-order valence-electron chi connectivity index (χ4n) is 4.55. The lowest BCUT2D eigenvalue weighted by atomic mass is 9.87. The summed E-state index contributed by atoms with van der Waals surface area (Å²) in [7, 11) is 2.17. The van der Waals surface area contributed by atoms with Gasteiger partial charge in [-0.1, -0.05) is 38.4 Å². The highest BCUT2D eigenvalue weighted by molar-refractivity contribution is 6.30. The molecule has 1 aromatic heterocycles. The van der Waals surface area contributed by atoms with Gasteiger partial charge in [0.05, 0.1) is 11.0 Å². The highest BCUT2D eigenvalue weighted by Crippen LogP contribution is 2.27. The summed E-state index contributed by atoms with van der Waals surface area (Å²) < 4.78 is 2.14. The van der Waals surface area contributed by atoms with Crippen LogP contribution in [-0.2, 0) is 13.1 Å². The van der Waals surface area contributed by atoms with Gasteiger partial charge in [0.15, 0.2) is 0 Å². The van der Waals surface area contributed by atoms with E-state index in [0.717, 1.165) is 37.1 Å². The monoisotopic (exact) mass is 481 g/mol. The molecular weight excluding hydrogens is 446 g/mol. The van der Waals surface area contributed by atoms with Crippen LogP contribution in [0.25, 0.3) is 11.0 Å². The predicted molar refractivity (Wildman–Crippen MR) is 141 cm³/mol. The first kappa shape index (κ1) is 24.7. The highest BCUT2D eigenvalue weighted by atomic mass is 35.5. The summed E-state index contributed by atoms with van der Waals surface area (Å²) in [6.07, 6.45) is 2.30. The Morgan fingerprint density at radius 2 is 2.00 bits per heavy atom. The highest BCUT2D eigenvalue weighted by Gasteiger charge is 2.24. The molecule has 1 aliphatic rings. The maximum atomic E-state index is 12.9. The molecule has 1 fully saturated rings. The number of amides is 1. The fraction of sp³-hybridized carbons (Fsp3) is 0.481. The van der Waals surface area contributed by atoms with Gasteiger partial charge in [-0.2, -0.15) is 0 Å². The van der Waals surface area contributed by atoms with Crippen LogP contribution in [0.3, 0.4) is 0 Å². The van der Waals surface area contributed by atoms with E-state index >= 15 is 0 Å². The molecule has 1 amide bonds. The van der Waals surface area contributed by atoms with E-state index in [1.807, 2.05) is 0 Å². The third-order valence-corrected chi connectivity index (χ3v) is 7.31. The first-order valence-corrected chi connectivity index (χ1v) is 12.5. The summed E-state index contributed by atoms with van der Waals surface area (Å²) in [6, 6.07) is 14.2. The second kappa shape index (κ2) is 10.1. The number of nitrogens with zero attached hydrogens (tertiary/aromatic N) is 3. The van der Waals surface area contributed by atoms with Gasteiger partial charge in [0.1, 0.15) is 0 Å². The number of aromatic nitrogens is 2. The number of benzene rings is 2. The fourth-order valence-corrected chi connectivity index (χ4v) is 4.67. The number of nitrogens with one attached hydrogen (secondary N) is 2. The molecule has 2 heterocycles. The van der Waals surface area contributed by atoms with Gasteiger partial charge in [0.25, 0.3) is 5.91 Å². The molecule has 0 aliphatic carbocycles. The van der Waals surface area contributed by atoms with Gasteiger partial charge in [0.2, 0.25) is 5.95 Å². The molecule has 7 heteroatoms. The van der Waals surface area contributed by atoms with Crippen molar-refractivity contribution in [2.45, 2.75) is 65.7 Å². The van der Waals surface area contributed by atoms with E-state index in [9.17, 15) is 4.79 Å². The van der Waals surface area contributed by atoms with Crippen LogP contribution in [0, 0.1) is 5.41 Å². The van der Waals surface area contributed by atoms with E-state index in [-0.39, 0.29) is 11.3 Å². The zero-order valence-corrected chi connectivity index (χ0v) is 21.6. The van der Waals surface area contributed by atoms with Crippen molar-refractivity contribution in [3.05, 3.63) is 58.6 Å². The molecule has 0 saturated carbocycles. The molecule has 1 saturated heterocycles. The van der Waals surface area contributed by atoms with Gasteiger partial charge in [-0.15, -0.1) is 0 Å². The van der Waals surface area contributed by atoms with Crippen molar-refractivity contribution in [3.63, 3.8) is 0 Å². The summed E-state index contributed by atoms with van der Waals surface area (Å²) in [4.78, 5) is 20.2. The van der Waals surface area contributed by atoms with Crippen LogP contribution in [0.4, 0.5) is 5.95 Å². The Morgan fingerprint density at radius 3 is 2.65 bits per heavy atom. The van der Waals surface area contributed by atoms with Gasteiger partial charge < -0.3 is 9.88 Å². The number of hydrogen-bond donors (Lipinski definition) is 2. The zero-order valence-electron chi connectivity index (χ0n) is 20.9. The Kier molecular flexibility index (Phi) is 7.31. The molecule has 2 N–H and O–H groups in total. The van der Waals surface area contributed by atoms with Crippen LogP contribution >= 0.6 is 11.6 Å². The van der Waals surface area contributed by atoms with Crippen molar-refractivity contribution in [2.75, 3.05) is 18.9 Å². The first-order valence-electron chi connectivity index (χ1n) is 12.1. The lowest BCUT2D eigenvalue weighted by molar-refractivity contribution is 0.102. The Hall–Kier alpha value is -2.41. The molecular formula is C27H36ClN5O. The molecule has 2 atom stereocenters. The summed E-state index contributed by atoms with van der Waals surface area (Å²) in [6.45, 7) is 11.7. The Bertz CT molecular complexity index is 1140. The van der Waals surface area contributed by atoms with Crippen LogP contribution in [0.2, 0.25) is 5.02 Å². The van der Waals surface area contributed by atoms with Gasteiger partial charge in [-0.05, 0) is 80.7 Å². The lowest BCUT2D eigenvalue weighted by Gasteiger charge is -2.35. The molecule has 0 spiro atoms. The predicted octanol–water partition coefficient (Wildman–Crippen LogP) is 5.56. The third kappa shape index (κ3) is 5.62. The number of fused-ring (bicyclic) bond motifs is 1. The molecule has 4 rings (SSSR count). The average molecular weight is 482 g/mol. The van der Waals surface area contributed by atoms with E-state index < -0.39 is 0 Å². The molecule has 6 nitrogen and oxygen atoms in total. The summed E-state index contributed by atoms with van der Waals surface area (Å²) in [5, 5.41) is 7.20. The molecule has 1 unspecified atom stereocenters. The van der Waals surface area contributed by atoms with Crippen molar-refractivity contribution in [1.29, 1.82) is 0 Å². The molecule has 182 valence electrons. The smallest absolute Gasteiger partial charge is 0.257 e. The van der Waals surface area contributed by atoms with Crippen LogP contribution in [0.15, 0.2) is 42.5 Å². The molecule has 34 heavy (non-hydrogen) atoms. The second-order valence-electron chi connectivity index (χ2n) is 10.6. The minimum Gasteiger partial charge on any atom is -0.312 e. The third-order valence-electron chi connectivity index (χ3n) is 7.06. The van der Waals surface area contributed by atoms with Crippen molar-refractivity contribution in [3.8, 4) is 0 Å². The number of carbonyl (C=O) groups excluding carboxylic acids is 1. The number of halogens is 1. The van der Waals surface area contributed by atoms with Crippen molar-refractivity contribution < 1.29 is 4.79 Å². The van der Waals surface area contributed by atoms with Crippen molar-refractivity contribution in [2.24, 2.45) is 5.41 Å². The number of rotatable bonds is 7. The summed E-state index contributed by atoms with van der Waals surface area (Å²) in [5.41, 5.74) is 3.91. The number of hydrogen-bond acceptors (Lipinski definition) is 4. The van der Waals surface area contributed by atoms with Crippen molar-refractivity contribution in [1.82, 2.24) is 19.8 Å². The van der Waals surface area contributed by atoms with Gasteiger partial charge in [0, 0.05) is 35.8 Å². The summed E-state index contributed by atoms with van der Waals surface area (Å²) in [5.74, 6) is 0.392. The molecule has 1 aliphatic heterocycles. The largest absolute Gasteiger partial charge is 0.312 e. The van der Waals surface area contributed by atoms with Crippen molar-refractivity contribution >= 4 is 34.5 Å². The number of imidazole rings is 1. The Morgan fingerprint density at radius 1 is 1.26 bits per heavy atom. The molecule has 0 radical (unpaired) electrons. The van der Waals surface area contributed by atoms with E-state index in [1.165, 1.54) is 12.0 Å². The topological polar surface area (TPSA) is 62.2 Å². The van der Waals surface area contributed by atoms with Crippen LogP contribution in [0.1, 0.15) is 56.5 Å².